The largest absolute Gasteiger partial charge is 0.481 e. The van der Waals surface area contributed by atoms with Gasteiger partial charge in [0.2, 0.25) is 0 Å². The van der Waals surface area contributed by atoms with Crippen molar-refractivity contribution in [3.63, 3.8) is 0 Å². The number of unbranched alkanes of at least 4 members (excludes halogenated alkanes) is 5. The molecule has 0 spiro atoms. The first kappa shape index (κ1) is 23.7. The number of carboxylic acid groups (broad SMARTS) is 1. The van der Waals surface area contributed by atoms with E-state index in [9.17, 15) is 9.90 Å². The van der Waals surface area contributed by atoms with Gasteiger partial charge in [-0.15, -0.1) is 0 Å². The van der Waals surface area contributed by atoms with Gasteiger partial charge >= 0.3 is 5.97 Å². The van der Waals surface area contributed by atoms with Crippen LogP contribution in [0, 0.1) is 11.3 Å². The van der Waals surface area contributed by atoms with Crippen molar-refractivity contribution in [2.45, 2.75) is 104 Å². The van der Waals surface area contributed by atoms with Crippen molar-refractivity contribution >= 4 is 5.97 Å². The van der Waals surface area contributed by atoms with Crippen molar-refractivity contribution in [1.82, 2.24) is 0 Å². The lowest BCUT2D eigenvalue weighted by Gasteiger charge is -2.32. The molecule has 1 aromatic carbocycles. The molecule has 0 aliphatic rings. The molecule has 27 heavy (non-hydrogen) atoms. The molecule has 154 valence electrons. The maximum Gasteiger partial charge on any atom is 0.309 e. The van der Waals surface area contributed by atoms with E-state index in [-0.39, 0.29) is 0 Å². The Morgan fingerprint density at radius 2 is 1.59 bits per heavy atom. The molecule has 0 aliphatic heterocycles. The van der Waals surface area contributed by atoms with Crippen LogP contribution in [-0.2, 0) is 11.2 Å². The first-order valence-electron chi connectivity index (χ1n) is 11.3. The van der Waals surface area contributed by atoms with E-state index in [0.717, 1.165) is 51.4 Å². The zero-order valence-electron chi connectivity index (χ0n) is 18.0. The van der Waals surface area contributed by atoms with Crippen LogP contribution >= 0.6 is 0 Å². The molecular weight excluding hydrogens is 332 g/mol. The highest BCUT2D eigenvalue weighted by molar-refractivity contribution is 5.74. The molecule has 0 saturated carbocycles. The second-order valence-electron chi connectivity index (χ2n) is 8.54. The summed E-state index contributed by atoms with van der Waals surface area (Å²) in [5, 5.41) is 10.1. The van der Waals surface area contributed by atoms with Gasteiger partial charge in [-0.2, -0.15) is 0 Å². The van der Waals surface area contributed by atoms with Gasteiger partial charge in [-0.05, 0) is 43.6 Å². The van der Waals surface area contributed by atoms with E-state index in [2.05, 4.69) is 45.0 Å². The molecule has 2 nitrogen and oxygen atoms in total. The van der Waals surface area contributed by atoms with Crippen LogP contribution in [0.3, 0.4) is 0 Å². The van der Waals surface area contributed by atoms with Gasteiger partial charge in [0.05, 0.1) is 5.41 Å². The maximum absolute atomic E-state index is 12.3. The van der Waals surface area contributed by atoms with Crippen LogP contribution in [0.4, 0.5) is 0 Å². The number of aryl methyl sites for hydroxylation is 1. The van der Waals surface area contributed by atoms with E-state index < -0.39 is 11.4 Å². The highest BCUT2D eigenvalue weighted by Gasteiger charge is 2.38. The molecule has 0 aliphatic carbocycles. The minimum atomic E-state index is -0.559. The van der Waals surface area contributed by atoms with Crippen molar-refractivity contribution in [1.29, 1.82) is 0 Å². The van der Waals surface area contributed by atoms with Gasteiger partial charge in [0, 0.05) is 0 Å². The molecular formula is C25H42O2. The molecule has 0 aromatic heterocycles. The van der Waals surface area contributed by atoms with Crippen LogP contribution in [0.1, 0.15) is 103 Å². The molecule has 2 atom stereocenters. The number of benzene rings is 1. The summed E-state index contributed by atoms with van der Waals surface area (Å²) in [4.78, 5) is 12.3. The normalized spacial score (nSPS) is 14.6. The van der Waals surface area contributed by atoms with Crippen molar-refractivity contribution in [3.8, 4) is 0 Å². The van der Waals surface area contributed by atoms with Gasteiger partial charge in [0.1, 0.15) is 0 Å². The predicted octanol–water partition coefficient (Wildman–Crippen LogP) is 7.66. The summed E-state index contributed by atoms with van der Waals surface area (Å²) < 4.78 is 0. The van der Waals surface area contributed by atoms with Crippen LogP contribution in [0.5, 0.6) is 0 Å². The van der Waals surface area contributed by atoms with E-state index in [1.54, 1.807) is 0 Å². The average molecular weight is 375 g/mol. The summed E-state index contributed by atoms with van der Waals surface area (Å²) in [5.74, 6) is -0.0556. The zero-order chi connectivity index (χ0) is 20.0. The molecule has 1 N–H and O–H groups in total. The fourth-order valence-corrected chi connectivity index (χ4v) is 4.27. The van der Waals surface area contributed by atoms with E-state index in [0.29, 0.717) is 5.92 Å². The first-order chi connectivity index (χ1) is 13.0. The lowest BCUT2D eigenvalue weighted by atomic mass is 9.71. The quantitative estimate of drug-likeness (QED) is 0.302. The number of carboxylic acids is 1. The third kappa shape index (κ3) is 9.44. The summed E-state index contributed by atoms with van der Waals surface area (Å²) in [5.41, 5.74) is 0.841. The molecule has 0 saturated heterocycles. The van der Waals surface area contributed by atoms with Gasteiger partial charge in [0.25, 0.3) is 0 Å². The highest BCUT2D eigenvalue weighted by Crippen LogP contribution is 2.39. The molecule has 0 heterocycles. The van der Waals surface area contributed by atoms with Crippen LogP contribution < -0.4 is 0 Å². The third-order valence-electron chi connectivity index (χ3n) is 5.97. The molecule has 0 bridgehead atoms. The van der Waals surface area contributed by atoms with Gasteiger partial charge in [-0.1, -0.05) is 102 Å². The molecule has 1 aromatic rings. The van der Waals surface area contributed by atoms with Crippen molar-refractivity contribution in [3.05, 3.63) is 35.9 Å². The lowest BCUT2D eigenvalue weighted by Crippen LogP contribution is -2.33. The van der Waals surface area contributed by atoms with Crippen LogP contribution in [0.15, 0.2) is 30.3 Å². The Bertz CT molecular complexity index is 496. The van der Waals surface area contributed by atoms with E-state index in [4.69, 9.17) is 0 Å². The van der Waals surface area contributed by atoms with Crippen molar-refractivity contribution < 1.29 is 9.90 Å². The number of hydrogen-bond acceptors (Lipinski definition) is 1. The smallest absolute Gasteiger partial charge is 0.309 e. The molecule has 2 unspecified atom stereocenters. The lowest BCUT2D eigenvalue weighted by molar-refractivity contribution is -0.151. The van der Waals surface area contributed by atoms with E-state index in [1.807, 2.05) is 6.07 Å². The maximum atomic E-state index is 12.3. The number of aliphatic carboxylic acids is 1. The average Bonchev–Trinajstić information content (AvgIpc) is 2.67. The summed E-state index contributed by atoms with van der Waals surface area (Å²) in [6.07, 6.45) is 14.0. The standard InChI is InChI=1S/C25H42O2/c1-4-6-8-10-15-22(3)21-25(24(26)27,19-7-5-2)20-14-13-18-23-16-11-9-12-17-23/h9,11-12,16-17,22H,4-8,10,13-15,18-21H2,1-3H3,(H,26,27). The minimum Gasteiger partial charge on any atom is -0.481 e. The third-order valence-corrected chi connectivity index (χ3v) is 5.97. The Labute approximate surface area is 167 Å². The Morgan fingerprint density at radius 3 is 2.22 bits per heavy atom. The number of rotatable bonds is 16. The van der Waals surface area contributed by atoms with Crippen LogP contribution in [-0.4, -0.2) is 11.1 Å². The fraction of sp³-hybridized carbons (Fsp3) is 0.720. The summed E-state index contributed by atoms with van der Waals surface area (Å²) in [7, 11) is 0. The second-order valence-corrected chi connectivity index (χ2v) is 8.54. The van der Waals surface area contributed by atoms with Crippen molar-refractivity contribution in [2.75, 3.05) is 0 Å². The molecule has 0 amide bonds. The zero-order valence-corrected chi connectivity index (χ0v) is 18.0. The van der Waals surface area contributed by atoms with Gasteiger partial charge in [-0.25, -0.2) is 0 Å². The van der Waals surface area contributed by atoms with E-state index >= 15 is 0 Å². The molecule has 1 rings (SSSR count). The molecule has 0 fully saturated rings. The first-order valence-corrected chi connectivity index (χ1v) is 11.3. The SMILES string of the molecule is CCCCCCC(C)CC(CCCC)(CCCCc1ccccc1)C(=O)O. The Balaban J connectivity index is 2.59. The fourth-order valence-electron chi connectivity index (χ4n) is 4.27. The van der Waals surface area contributed by atoms with Crippen LogP contribution in [0.25, 0.3) is 0 Å². The monoisotopic (exact) mass is 374 g/mol. The van der Waals surface area contributed by atoms with Gasteiger partial charge in [0.15, 0.2) is 0 Å². The highest BCUT2D eigenvalue weighted by atomic mass is 16.4. The summed E-state index contributed by atoms with van der Waals surface area (Å²) >= 11 is 0. The Morgan fingerprint density at radius 1 is 0.926 bits per heavy atom. The van der Waals surface area contributed by atoms with Gasteiger partial charge in [-0.3, -0.25) is 4.79 Å². The molecule has 0 radical (unpaired) electrons. The predicted molar refractivity (Wildman–Crippen MR) is 116 cm³/mol. The minimum absolute atomic E-state index is 0.504. The number of hydrogen-bond donors (Lipinski definition) is 1. The van der Waals surface area contributed by atoms with Crippen LogP contribution in [0.2, 0.25) is 0 Å². The second kappa shape index (κ2) is 13.8. The summed E-state index contributed by atoms with van der Waals surface area (Å²) in [6.45, 7) is 6.66. The number of carbonyl (C=O) groups is 1. The van der Waals surface area contributed by atoms with Gasteiger partial charge < -0.3 is 5.11 Å². The molecule has 2 heteroatoms. The summed E-state index contributed by atoms with van der Waals surface area (Å²) in [6, 6.07) is 10.5. The topological polar surface area (TPSA) is 37.3 Å². The van der Waals surface area contributed by atoms with E-state index in [1.165, 1.54) is 37.7 Å². The Hall–Kier alpha value is -1.31. The Kier molecular flexibility index (Phi) is 12.1. The van der Waals surface area contributed by atoms with Crippen molar-refractivity contribution in [2.24, 2.45) is 11.3 Å².